The van der Waals surface area contributed by atoms with Crippen molar-refractivity contribution in [1.29, 1.82) is 0 Å². The third-order valence-corrected chi connectivity index (χ3v) is 10.4. The number of carbonyl (C=O) groups is 1. The van der Waals surface area contributed by atoms with Gasteiger partial charge >= 0.3 is 0 Å². The van der Waals surface area contributed by atoms with Crippen LogP contribution in [0.1, 0.15) is 62.0 Å². The normalized spacial score (nSPS) is 28.8. The molecule has 2 aliphatic heterocycles. The Balaban J connectivity index is 1.17. The minimum Gasteiger partial charge on any atom is -0.497 e. The SMILES string of the molecule is COc1ccc(CCN2Cc3cc(NC(=NC4CC5CC(C4C)C5(C)C)N4CCNC(C)C4)ccc3C2=O)c(F)c1. The number of anilines is 1. The summed E-state index contributed by atoms with van der Waals surface area (Å²) in [5, 5.41) is 7.23. The Morgan fingerprint density at radius 2 is 2.02 bits per heavy atom. The van der Waals surface area contributed by atoms with Crippen LogP contribution < -0.4 is 15.4 Å². The van der Waals surface area contributed by atoms with Gasteiger partial charge in [-0.2, -0.15) is 0 Å². The van der Waals surface area contributed by atoms with Crippen LogP contribution in [0.5, 0.6) is 5.75 Å². The van der Waals surface area contributed by atoms with Gasteiger partial charge in [0, 0.05) is 56.1 Å². The van der Waals surface area contributed by atoms with Crippen molar-refractivity contribution < 1.29 is 13.9 Å². The third kappa shape index (κ3) is 5.31. The van der Waals surface area contributed by atoms with Crippen LogP contribution in [0.15, 0.2) is 41.4 Å². The number of halogens is 1. The number of nitrogens with zero attached hydrogens (tertiary/aromatic N) is 3. The maximum Gasteiger partial charge on any atom is 0.254 e. The fourth-order valence-corrected chi connectivity index (χ4v) is 7.65. The van der Waals surface area contributed by atoms with Crippen molar-refractivity contribution in [1.82, 2.24) is 15.1 Å². The summed E-state index contributed by atoms with van der Waals surface area (Å²) in [4.78, 5) is 22.8. The predicted molar refractivity (Wildman–Crippen MR) is 161 cm³/mol. The molecule has 2 N–H and O–H groups in total. The average molecular weight is 562 g/mol. The number of aliphatic imine (C=N–C) groups is 1. The number of benzene rings is 2. The number of guanidine groups is 1. The van der Waals surface area contributed by atoms with Crippen LogP contribution in [-0.4, -0.2) is 67.0 Å². The summed E-state index contributed by atoms with van der Waals surface area (Å²) in [7, 11) is 1.52. The van der Waals surface area contributed by atoms with E-state index in [2.05, 4.69) is 49.3 Å². The molecule has 5 unspecified atom stereocenters. The molecule has 2 aromatic rings. The zero-order valence-corrected chi connectivity index (χ0v) is 25.0. The van der Waals surface area contributed by atoms with Crippen LogP contribution in [0, 0.1) is 29.0 Å². The topological polar surface area (TPSA) is 69.2 Å². The Hall–Kier alpha value is -3.13. The zero-order valence-electron chi connectivity index (χ0n) is 25.0. The summed E-state index contributed by atoms with van der Waals surface area (Å²) in [5.74, 6) is 3.20. The number of methoxy groups -OCH3 is 1. The Morgan fingerprint density at radius 3 is 2.73 bits per heavy atom. The first kappa shape index (κ1) is 28.0. The number of fused-ring (bicyclic) bond motifs is 3. The lowest BCUT2D eigenvalue weighted by Crippen LogP contribution is -2.57. The highest BCUT2D eigenvalue weighted by Gasteiger charge is 2.56. The van der Waals surface area contributed by atoms with Crippen molar-refractivity contribution in [3.05, 3.63) is 58.9 Å². The Labute approximate surface area is 243 Å². The van der Waals surface area contributed by atoms with E-state index >= 15 is 0 Å². The average Bonchev–Trinajstić information content (AvgIpc) is 3.26. The highest BCUT2D eigenvalue weighted by molar-refractivity contribution is 6.00. The monoisotopic (exact) mass is 561 g/mol. The fraction of sp³-hybridized carbons (Fsp3) is 0.576. The summed E-state index contributed by atoms with van der Waals surface area (Å²) in [6, 6.07) is 11.6. The van der Waals surface area contributed by atoms with Gasteiger partial charge in [0.15, 0.2) is 5.96 Å². The molecule has 7 rings (SSSR count). The van der Waals surface area contributed by atoms with Gasteiger partial charge < -0.3 is 25.2 Å². The Kier molecular flexibility index (Phi) is 7.47. The van der Waals surface area contributed by atoms with E-state index in [1.165, 1.54) is 19.6 Å². The van der Waals surface area contributed by atoms with Gasteiger partial charge in [-0.25, -0.2) is 9.38 Å². The molecule has 0 radical (unpaired) electrons. The second-order valence-corrected chi connectivity index (χ2v) is 13.2. The lowest BCUT2D eigenvalue weighted by Gasteiger charge is -2.61. The zero-order chi connectivity index (χ0) is 28.9. The molecule has 41 heavy (non-hydrogen) atoms. The Bertz CT molecular complexity index is 1340. The molecule has 1 saturated heterocycles. The number of carbonyl (C=O) groups excluding carboxylic acids is 1. The van der Waals surface area contributed by atoms with Crippen LogP contribution >= 0.6 is 0 Å². The van der Waals surface area contributed by atoms with Crippen molar-refractivity contribution in [2.75, 3.05) is 38.6 Å². The van der Waals surface area contributed by atoms with Crippen LogP contribution in [-0.2, 0) is 13.0 Å². The number of ether oxygens (including phenoxy) is 1. The van der Waals surface area contributed by atoms with Crippen molar-refractivity contribution in [3.63, 3.8) is 0 Å². The Morgan fingerprint density at radius 1 is 1.20 bits per heavy atom. The van der Waals surface area contributed by atoms with E-state index in [9.17, 15) is 9.18 Å². The molecule has 3 saturated carbocycles. The van der Waals surface area contributed by atoms with Crippen molar-refractivity contribution in [2.45, 2.75) is 65.6 Å². The molecule has 4 fully saturated rings. The molecular weight excluding hydrogens is 517 g/mol. The lowest BCUT2D eigenvalue weighted by molar-refractivity contribution is -0.108. The molecule has 8 heteroatoms. The van der Waals surface area contributed by atoms with E-state index in [4.69, 9.17) is 9.73 Å². The predicted octanol–water partition coefficient (Wildman–Crippen LogP) is 5.17. The second-order valence-electron chi connectivity index (χ2n) is 13.2. The number of nitrogens with one attached hydrogen (secondary N) is 2. The summed E-state index contributed by atoms with van der Waals surface area (Å²) < 4.78 is 19.6. The maximum atomic E-state index is 14.5. The first-order valence-electron chi connectivity index (χ1n) is 15.2. The number of piperazine rings is 1. The van der Waals surface area contributed by atoms with Crippen LogP contribution in [0.4, 0.5) is 10.1 Å². The number of hydrogen-bond donors (Lipinski definition) is 2. The largest absolute Gasteiger partial charge is 0.497 e. The molecule has 0 aromatic heterocycles. The van der Waals surface area contributed by atoms with E-state index in [1.807, 2.05) is 17.0 Å². The smallest absolute Gasteiger partial charge is 0.254 e. The molecular formula is C33H44FN5O2. The fourth-order valence-electron chi connectivity index (χ4n) is 7.65. The summed E-state index contributed by atoms with van der Waals surface area (Å²) in [6.07, 6.45) is 2.95. The standard InChI is InChI=1S/C33H44FN5O2/c1-20-18-39(13-11-35-20)32(37-30-16-24-15-28(21(30)2)33(24,3)4)36-25-7-9-27-23(14-25)19-38(31(27)40)12-10-22-6-8-26(41-5)17-29(22)34/h6-9,14,17,20-21,24,28,30,35H,10-13,15-16,18-19H2,1-5H3,(H,36,37). The van der Waals surface area contributed by atoms with Crippen molar-refractivity contribution >= 4 is 17.6 Å². The van der Waals surface area contributed by atoms with Crippen LogP contribution in [0.2, 0.25) is 0 Å². The van der Waals surface area contributed by atoms with Gasteiger partial charge in [-0.15, -0.1) is 0 Å². The first-order valence-corrected chi connectivity index (χ1v) is 15.2. The molecule has 2 aromatic carbocycles. The van der Waals surface area contributed by atoms with E-state index < -0.39 is 0 Å². The molecule has 5 atom stereocenters. The van der Waals surface area contributed by atoms with Crippen LogP contribution in [0.25, 0.3) is 0 Å². The molecule has 0 spiro atoms. The lowest BCUT2D eigenvalue weighted by atomic mass is 9.45. The van der Waals surface area contributed by atoms with Gasteiger partial charge in [0.05, 0.1) is 13.2 Å². The summed E-state index contributed by atoms with van der Waals surface area (Å²) in [5.41, 5.74) is 3.69. The maximum absolute atomic E-state index is 14.5. The molecule has 2 heterocycles. The van der Waals surface area contributed by atoms with Crippen molar-refractivity contribution in [2.24, 2.45) is 28.2 Å². The molecule has 7 nitrogen and oxygen atoms in total. The quantitative estimate of drug-likeness (QED) is 0.377. The minimum absolute atomic E-state index is 0.00293. The molecule has 1 amide bonds. The van der Waals surface area contributed by atoms with Gasteiger partial charge in [-0.3, -0.25) is 4.79 Å². The third-order valence-electron chi connectivity index (χ3n) is 10.4. The number of amides is 1. The minimum atomic E-state index is -0.304. The number of rotatable bonds is 6. The van der Waals surface area contributed by atoms with E-state index in [-0.39, 0.29) is 11.7 Å². The summed E-state index contributed by atoms with van der Waals surface area (Å²) in [6.45, 7) is 13.2. The molecule has 3 aliphatic carbocycles. The second kappa shape index (κ2) is 10.9. The van der Waals surface area contributed by atoms with E-state index in [1.54, 1.807) is 12.1 Å². The molecule has 5 aliphatic rings. The van der Waals surface area contributed by atoms with Crippen LogP contribution in [0.3, 0.4) is 0 Å². The van der Waals surface area contributed by atoms with Gasteiger partial charge in [-0.05, 0) is 84.7 Å². The van der Waals surface area contributed by atoms with E-state index in [0.29, 0.717) is 54.2 Å². The highest BCUT2D eigenvalue weighted by atomic mass is 19.1. The first-order chi connectivity index (χ1) is 19.6. The molecule has 2 bridgehead atoms. The molecule has 220 valence electrons. The number of hydrogen-bond acceptors (Lipinski definition) is 4. The van der Waals surface area contributed by atoms with Gasteiger partial charge in [0.25, 0.3) is 5.91 Å². The highest BCUT2D eigenvalue weighted by Crippen LogP contribution is 2.61. The van der Waals surface area contributed by atoms with Gasteiger partial charge in [-0.1, -0.05) is 26.8 Å². The van der Waals surface area contributed by atoms with Crippen molar-refractivity contribution in [3.8, 4) is 5.75 Å². The van der Waals surface area contributed by atoms with E-state index in [0.717, 1.165) is 60.7 Å². The summed E-state index contributed by atoms with van der Waals surface area (Å²) >= 11 is 0. The van der Waals surface area contributed by atoms with Gasteiger partial charge in [0.1, 0.15) is 11.6 Å². The van der Waals surface area contributed by atoms with Gasteiger partial charge in [0.2, 0.25) is 0 Å².